The highest BCUT2D eigenvalue weighted by atomic mass is 19.1. The van der Waals surface area contributed by atoms with Crippen molar-refractivity contribution in [3.05, 3.63) is 59.9 Å². The summed E-state index contributed by atoms with van der Waals surface area (Å²) in [5.41, 5.74) is 0.759. The average molecular weight is 289 g/mol. The summed E-state index contributed by atoms with van der Waals surface area (Å²) in [4.78, 5) is 11.0. The summed E-state index contributed by atoms with van der Waals surface area (Å²) in [7, 11) is 1.55. The van der Waals surface area contributed by atoms with Crippen molar-refractivity contribution in [1.29, 1.82) is 0 Å². The second kappa shape index (κ2) is 7.28. The average Bonchev–Trinajstić information content (AvgIpc) is 2.51. The number of benzene rings is 2. The molecule has 4 nitrogen and oxygen atoms in total. The fourth-order valence-electron chi connectivity index (χ4n) is 1.65. The molecule has 0 atom stereocenters. The molecule has 0 heterocycles. The molecule has 0 saturated heterocycles. The Morgan fingerprint density at radius 1 is 1.10 bits per heavy atom. The van der Waals surface area contributed by atoms with Gasteiger partial charge in [0, 0.05) is 7.05 Å². The molecule has 1 N–H and O–H groups in total. The Hall–Kier alpha value is -2.56. The van der Waals surface area contributed by atoms with E-state index in [0.717, 1.165) is 5.56 Å². The Morgan fingerprint density at radius 2 is 1.76 bits per heavy atom. The van der Waals surface area contributed by atoms with Gasteiger partial charge in [-0.1, -0.05) is 12.1 Å². The molecule has 2 rings (SSSR count). The molecule has 0 bridgehead atoms. The Labute approximate surface area is 122 Å². The maximum atomic E-state index is 13.0. The first-order chi connectivity index (χ1) is 10.2. The van der Waals surface area contributed by atoms with E-state index in [1.165, 1.54) is 12.1 Å². The normalized spacial score (nSPS) is 10.0. The first-order valence-electron chi connectivity index (χ1n) is 6.48. The highest BCUT2D eigenvalue weighted by Crippen LogP contribution is 2.18. The highest BCUT2D eigenvalue weighted by Gasteiger charge is 2.01. The molecule has 0 aliphatic carbocycles. The number of rotatable bonds is 6. The predicted molar refractivity (Wildman–Crippen MR) is 76.7 cm³/mol. The van der Waals surface area contributed by atoms with E-state index in [4.69, 9.17) is 9.47 Å². The van der Waals surface area contributed by atoms with Gasteiger partial charge in [0.1, 0.15) is 23.9 Å². The predicted octanol–water partition coefficient (Wildman–Crippen LogP) is 2.53. The molecule has 0 aromatic heterocycles. The SMILES string of the molecule is CNC(=O)COc1ccc(OCc2cccc(F)c2)cc1. The van der Waals surface area contributed by atoms with Crippen molar-refractivity contribution < 1.29 is 18.7 Å². The van der Waals surface area contributed by atoms with Crippen LogP contribution in [0.2, 0.25) is 0 Å². The summed E-state index contributed by atoms with van der Waals surface area (Å²) in [6.07, 6.45) is 0. The standard InChI is InChI=1S/C16H16FNO3/c1-18-16(19)11-21-15-7-5-14(6-8-15)20-10-12-3-2-4-13(17)9-12/h2-9H,10-11H2,1H3,(H,18,19). The second-order valence-electron chi connectivity index (χ2n) is 4.35. The molecule has 110 valence electrons. The van der Waals surface area contributed by atoms with Crippen molar-refractivity contribution in [2.45, 2.75) is 6.61 Å². The number of halogens is 1. The number of hydrogen-bond donors (Lipinski definition) is 1. The molecule has 0 fully saturated rings. The zero-order valence-electron chi connectivity index (χ0n) is 11.6. The molecular formula is C16H16FNO3. The molecule has 0 unspecified atom stereocenters. The minimum atomic E-state index is -0.283. The number of likely N-dealkylation sites (N-methyl/N-ethyl adjacent to an activating group) is 1. The minimum absolute atomic E-state index is 0.0278. The summed E-state index contributed by atoms with van der Waals surface area (Å²) >= 11 is 0. The number of carbonyl (C=O) groups is 1. The Bertz CT molecular complexity index is 599. The van der Waals surface area contributed by atoms with Gasteiger partial charge >= 0.3 is 0 Å². The van der Waals surface area contributed by atoms with E-state index in [2.05, 4.69) is 5.32 Å². The minimum Gasteiger partial charge on any atom is -0.489 e. The van der Waals surface area contributed by atoms with Gasteiger partial charge in [0.25, 0.3) is 5.91 Å². The zero-order chi connectivity index (χ0) is 15.1. The third kappa shape index (κ3) is 4.80. The van der Waals surface area contributed by atoms with E-state index in [0.29, 0.717) is 11.5 Å². The summed E-state index contributed by atoms with van der Waals surface area (Å²) in [5.74, 6) is 0.749. The van der Waals surface area contributed by atoms with Crippen LogP contribution in [-0.2, 0) is 11.4 Å². The van der Waals surface area contributed by atoms with Gasteiger partial charge in [-0.15, -0.1) is 0 Å². The fraction of sp³-hybridized carbons (Fsp3) is 0.188. The third-order valence-electron chi connectivity index (χ3n) is 2.77. The summed E-state index contributed by atoms with van der Waals surface area (Å²) in [6.45, 7) is 0.260. The topological polar surface area (TPSA) is 47.6 Å². The largest absolute Gasteiger partial charge is 0.489 e. The van der Waals surface area contributed by atoms with Crippen LogP contribution in [-0.4, -0.2) is 19.6 Å². The Morgan fingerprint density at radius 3 is 2.38 bits per heavy atom. The van der Waals surface area contributed by atoms with Crippen molar-refractivity contribution in [2.24, 2.45) is 0 Å². The van der Waals surface area contributed by atoms with Gasteiger partial charge in [-0.05, 0) is 42.0 Å². The molecule has 21 heavy (non-hydrogen) atoms. The lowest BCUT2D eigenvalue weighted by Gasteiger charge is -2.08. The molecule has 2 aromatic rings. The zero-order valence-corrected chi connectivity index (χ0v) is 11.6. The van der Waals surface area contributed by atoms with Crippen LogP contribution in [0.15, 0.2) is 48.5 Å². The maximum absolute atomic E-state index is 13.0. The van der Waals surface area contributed by atoms with Crippen LogP contribution in [0.3, 0.4) is 0 Å². The van der Waals surface area contributed by atoms with Gasteiger partial charge in [0.15, 0.2) is 6.61 Å². The van der Waals surface area contributed by atoms with Crippen molar-refractivity contribution in [3.8, 4) is 11.5 Å². The fourth-order valence-corrected chi connectivity index (χ4v) is 1.65. The molecule has 0 saturated carbocycles. The first-order valence-corrected chi connectivity index (χ1v) is 6.48. The van der Waals surface area contributed by atoms with Crippen LogP contribution in [0.4, 0.5) is 4.39 Å². The van der Waals surface area contributed by atoms with Crippen LogP contribution < -0.4 is 14.8 Å². The quantitative estimate of drug-likeness (QED) is 0.889. The van der Waals surface area contributed by atoms with Gasteiger partial charge in [-0.3, -0.25) is 4.79 Å². The van der Waals surface area contributed by atoms with Crippen molar-refractivity contribution >= 4 is 5.91 Å². The van der Waals surface area contributed by atoms with E-state index in [1.807, 2.05) is 0 Å². The van der Waals surface area contributed by atoms with E-state index < -0.39 is 0 Å². The number of nitrogens with one attached hydrogen (secondary N) is 1. The van der Waals surface area contributed by atoms with Crippen molar-refractivity contribution in [3.63, 3.8) is 0 Å². The van der Waals surface area contributed by atoms with Crippen molar-refractivity contribution in [2.75, 3.05) is 13.7 Å². The van der Waals surface area contributed by atoms with Crippen molar-refractivity contribution in [1.82, 2.24) is 5.32 Å². The smallest absolute Gasteiger partial charge is 0.257 e. The second-order valence-corrected chi connectivity index (χ2v) is 4.35. The Kier molecular flexibility index (Phi) is 5.15. The molecule has 0 aliphatic rings. The monoisotopic (exact) mass is 289 g/mol. The lowest BCUT2D eigenvalue weighted by molar-refractivity contribution is -0.122. The number of carbonyl (C=O) groups excluding carboxylic acids is 1. The Balaban J connectivity index is 1.86. The van der Waals surface area contributed by atoms with Crippen LogP contribution in [0, 0.1) is 5.82 Å². The molecule has 2 aromatic carbocycles. The van der Waals surface area contributed by atoms with Crippen LogP contribution in [0.25, 0.3) is 0 Å². The van der Waals surface area contributed by atoms with Crippen LogP contribution >= 0.6 is 0 Å². The van der Waals surface area contributed by atoms with E-state index >= 15 is 0 Å². The summed E-state index contributed by atoms with van der Waals surface area (Å²) in [5, 5.41) is 2.47. The molecule has 0 radical (unpaired) electrons. The van der Waals surface area contributed by atoms with E-state index in [1.54, 1.807) is 43.4 Å². The number of hydrogen-bond acceptors (Lipinski definition) is 3. The summed E-state index contributed by atoms with van der Waals surface area (Å²) < 4.78 is 23.8. The molecule has 5 heteroatoms. The third-order valence-corrected chi connectivity index (χ3v) is 2.77. The van der Waals surface area contributed by atoms with Gasteiger partial charge in [0.2, 0.25) is 0 Å². The molecular weight excluding hydrogens is 273 g/mol. The van der Waals surface area contributed by atoms with Gasteiger partial charge in [0.05, 0.1) is 0 Å². The lowest BCUT2D eigenvalue weighted by Crippen LogP contribution is -2.24. The number of amides is 1. The lowest BCUT2D eigenvalue weighted by atomic mass is 10.2. The van der Waals surface area contributed by atoms with Crippen LogP contribution in [0.5, 0.6) is 11.5 Å². The van der Waals surface area contributed by atoms with Gasteiger partial charge in [-0.25, -0.2) is 4.39 Å². The molecule has 0 spiro atoms. The van der Waals surface area contributed by atoms with Crippen LogP contribution in [0.1, 0.15) is 5.56 Å². The van der Waals surface area contributed by atoms with Gasteiger partial charge in [-0.2, -0.15) is 0 Å². The van der Waals surface area contributed by atoms with Gasteiger partial charge < -0.3 is 14.8 Å². The molecule has 0 aliphatic heterocycles. The first kappa shape index (κ1) is 14.8. The molecule has 1 amide bonds. The van der Waals surface area contributed by atoms with E-state index in [-0.39, 0.29) is 24.9 Å². The summed E-state index contributed by atoms with van der Waals surface area (Å²) in [6, 6.07) is 13.2. The number of ether oxygens (including phenoxy) is 2. The van der Waals surface area contributed by atoms with E-state index in [9.17, 15) is 9.18 Å². The maximum Gasteiger partial charge on any atom is 0.257 e. The highest BCUT2D eigenvalue weighted by molar-refractivity contribution is 5.77.